The van der Waals surface area contributed by atoms with Gasteiger partial charge in [0.1, 0.15) is 11.5 Å². The molecule has 8 heteroatoms. The highest BCUT2D eigenvalue weighted by Gasteiger charge is 2.28. The van der Waals surface area contributed by atoms with Crippen molar-refractivity contribution in [3.63, 3.8) is 0 Å². The number of rotatable bonds is 8. The van der Waals surface area contributed by atoms with E-state index in [-0.39, 0.29) is 18.9 Å². The van der Waals surface area contributed by atoms with Crippen molar-refractivity contribution in [2.45, 2.75) is 19.3 Å². The molecular weight excluding hydrogens is 486 g/mol. The van der Waals surface area contributed by atoms with Gasteiger partial charge >= 0.3 is 11.9 Å². The zero-order chi connectivity index (χ0) is 26.8. The molecule has 5 rings (SSSR count). The Kier molecular flexibility index (Phi) is 6.62. The summed E-state index contributed by atoms with van der Waals surface area (Å²) in [5, 5.41) is 0. The van der Waals surface area contributed by atoms with E-state index in [0.717, 1.165) is 33.4 Å². The summed E-state index contributed by atoms with van der Waals surface area (Å²) in [6.45, 7) is 5.60. The maximum atomic E-state index is 12.9. The van der Waals surface area contributed by atoms with Crippen LogP contribution in [0.1, 0.15) is 40.7 Å². The largest absolute Gasteiger partial charge is 0.493 e. The molecule has 1 heterocycles. The van der Waals surface area contributed by atoms with Crippen LogP contribution in [0.3, 0.4) is 0 Å². The van der Waals surface area contributed by atoms with Crippen LogP contribution < -0.4 is 14.4 Å². The van der Waals surface area contributed by atoms with E-state index < -0.39 is 23.8 Å². The number of imide groups is 1. The number of carbonyl (C=O) groups excluding carboxylic acids is 4. The van der Waals surface area contributed by atoms with Crippen molar-refractivity contribution in [3.8, 4) is 22.6 Å². The molecular formula is C30H23NO7. The number of ether oxygens (including phenoxy) is 3. The van der Waals surface area contributed by atoms with Gasteiger partial charge in [-0.25, -0.2) is 9.69 Å². The van der Waals surface area contributed by atoms with E-state index in [1.165, 1.54) is 24.3 Å². The van der Waals surface area contributed by atoms with Crippen molar-refractivity contribution in [2.24, 2.45) is 0 Å². The lowest BCUT2D eigenvalue weighted by molar-refractivity contribution is -0.138. The lowest BCUT2D eigenvalue weighted by Gasteiger charge is -2.14. The maximum Gasteiger partial charge on any atom is 0.343 e. The minimum Gasteiger partial charge on any atom is -0.493 e. The van der Waals surface area contributed by atoms with Crippen LogP contribution in [-0.4, -0.2) is 30.4 Å². The molecule has 2 aliphatic rings. The molecule has 3 aromatic rings. The van der Waals surface area contributed by atoms with Gasteiger partial charge in [0.05, 0.1) is 30.5 Å². The normalized spacial score (nSPS) is 15.2. The van der Waals surface area contributed by atoms with Crippen molar-refractivity contribution in [1.82, 2.24) is 0 Å². The third kappa shape index (κ3) is 4.71. The molecule has 2 amide bonds. The molecule has 0 spiro atoms. The van der Waals surface area contributed by atoms with E-state index in [2.05, 4.69) is 13.5 Å². The first-order valence-electron chi connectivity index (χ1n) is 12.0. The highest BCUT2D eigenvalue weighted by atomic mass is 16.5. The van der Waals surface area contributed by atoms with Crippen LogP contribution in [0.4, 0.5) is 5.69 Å². The lowest BCUT2D eigenvalue weighted by atomic mass is 9.98. The van der Waals surface area contributed by atoms with Gasteiger partial charge < -0.3 is 14.2 Å². The second kappa shape index (κ2) is 10.2. The van der Waals surface area contributed by atoms with Gasteiger partial charge in [-0.1, -0.05) is 25.6 Å². The molecule has 0 fully saturated rings. The van der Waals surface area contributed by atoms with Crippen molar-refractivity contribution in [1.29, 1.82) is 0 Å². The molecule has 0 saturated heterocycles. The molecule has 1 aliphatic carbocycles. The second-order valence-corrected chi connectivity index (χ2v) is 8.76. The SMILES string of the molecule is C=COC(=O)CCOc1ccc2c(c1)C(C)c1cc(C(=O)Oc3ccc(N4C(=O)C=CC4=O)cc3)ccc1-2. The summed E-state index contributed by atoms with van der Waals surface area (Å²) < 4.78 is 16.0. The van der Waals surface area contributed by atoms with Gasteiger partial charge in [0.25, 0.3) is 11.8 Å². The van der Waals surface area contributed by atoms with Gasteiger partial charge in [-0.15, -0.1) is 0 Å². The molecule has 8 nitrogen and oxygen atoms in total. The fraction of sp³-hybridized carbons (Fsp3) is 0.133. The van der Waals surface area contributed by atoms with E-state index in [1.807, 2.05) is 30.3 Å². The Morgan fingerprint density at radius 1 is 0.895 bits per heavy atom. The van der Waals surface area contributed by atoms with Crippen LogP contribution >= 0.6 is 0 Å². The van der Waals surface area contributed by atoms with Crippen LogP contribution in [0.5, 0.6) is 11.5 Å². The average Bonchev–Trinajstić information content (AvgIpc) is 3.39. The first kappa shape index (κ1) is 24.7. The van der Waals surface area contributed by atoms with Crippen molar-refractivity contribution >= 4 is 29.4 Å². The monoisotopic (exact) mass is 509 g/mol. The fourth-order valence-electron chi connectivity index (χ4n) is 4.58. The summed E-state index contributed by atoms with van der Waals surface area (Å²) in [6.07, 6.45) is 3.62. The number of hydrogen-bond acceptors (Lipinski definition) is 7. The van der Waals surface area contributed by atoms with Gasteiger partial charge in [0.2, 0.25) is 0 Å². The zero-order valence-corrected chi connectivity index (χ0v) is 20.5. The number of nitrogens with zero attached hydrogens (tertiary/aromatic N) is 1. The molecule has 1 atom stereocenters. The van der Waals surface area contributed by atoms with E-state index >= 15 is 0 Å². The minimum absolute atomic E-state index is 0.0189. The Hall–Kier alpha value is -4.98. The average molecular weight is 510 g/mol. The van der Waals surface area contributed by atoms with Crippen LogP contribution in [0.15, 0.2) is 85.7 Å². The van der Waals surface area contributed by atoms with Gasteiger partial charge in [-0.3, -0.25) is 14.4 Å². The number of anilines is 1. The number of hydrogen-bond donors (Lipinski definition) is 0. The first-order chi connectivity index (χ1) is 18.4. The molecule has 0 saturated carbocycles. The van der Waals surface area contributed by atoms with E-state index in [9.17, 15) is 19.2 Å². The topological polar surface area (TPSA) is 99.2 Å². The van der Waals surface area contributed by atoms with E-state index in [1.54, 1.807) is 18.2 Å². The summed E-state index contributed by atoms with van der Waals surface area (Å²) in [5.74, 6) is -0.807. The van der Waals surface area contributed by atoms with E-state index in [4.69, 9.17) is 14.2 Å². The van der Waals surface area contributed by atoms with Crippen molar-refractivity contribution in [2.75, 3.05) is 11.5 Å². The summed E-state index contributed by atoms with van der Waals surface area (Å²) >= 11 is 0. The Morgan fingerprint density at radius 3 is 2.21 bits per heavy atom. The van der Waals surface area contributed by atoms with Crippen LogP contribution in [0.2, 0.25) is 0 Å². The van der Waals surface area contributed by atoms with Crippen molar-refractivity contribution < 1.29 is 33.4 Å². The molecule has 1 unspecified atom stereocenters. The molecule has 0 aromatic heterocycles. The highest BCUT2D eigenvalue weighted by Crippen LogP contribution is 2.46. The molecule has 3 aromatic carbocycles. The van der Waals surface area contributed by atoms with Crippen molar-refractivity contribution in [3.05, 3.63) is 102 Å². The number of amides is 2. The van der Waals surface area contributed by atoms with Gasteiger partial charge in [0, 0.05) is 18.1 Å². The Morgan fingerprint density at radius 2 is 1.53 bits per heavy atom. The summed E-state index contributed by atoms with van der Waals surface area (Å²) in [6, 6.07) is 17.4. The molecule has 1 aliphatic heterocycles. The summed E-state index contributed by atoms with van der Waals surface area (Å²) in [4.78, 5) is 49.1. The van der Waals surface area contributed by atoms with Crippen LogP contribution in [0.25, 0.3) is 11.1 Å². The zero-order valence-electron chi connectivity index (χ0n) is 20.5. The van der Waals surface area contributed by atoms with Gasteiger partial charge in [0.15, 0.2) is 0 Å². The Balaban J connectivity index is 1.27. The summed E-state index contributed by atoms with van der Waals surface area (Å²) in [5.41, 5.74) is 4.94. The Labute approximate surface area is 218 Å². The first-order valence-corrected chi connectivity index (χ1v) is 12.0. The smallest absolute Gasteiger partial charge is 0.343 e. The van der Waals surface area contributed by atoms with E-state index in [0.29, 0.717) is 22.7 Å². The predicted octanol–water partition coefficient (Wildman–Crippen LogP) is 4.92. The number of fused-ring (bicyclic) bond motifs is 3. The number of carbonyl (C=O) groups is 4. The standard InChI is InChI=1S/C30H23NO7/c1-3-36-29(34)14-15-37-22-9-11-24-23-10-4-19(16-25(23)18(2)26(24)17-22)30(35)38-21-7-5-20(6-8-21)31-27(32)12-13-28(31)33/h3-13,16-18H,1,14-15H2,2H3. The predicted molar refractivity (Wildman–Crippen MR) is 139 cm³/mol. The minimum atomic E-state index is -0.519. The van der Waals surface area contributed by atoms with Crippen LogP contribution in [0, 0.1) is 0 Å². The third-order valence-electron chi connectivity index (χ3n) is 6.44. The maximum absolute atomic E-state index is 12.9. The quantitative estimate of drug-likeness (QED) is 0.184. The number of esters is 2. The Bertz CT molecular complexity index is 1490. The molecule has 0 bridgehead atoms. The fourth-order valence-corrected chi connectivity index (χ4v) is 4.58. The highest BCUT2D eigenvalue weighted by molar-refractivity contribution is 6.28. The molecule has 190 valence electrons. The van der Waals surface area contributed by atoms with Crippen LogP contribution in [-0.2, 0) is 19.1 Å². The summed E-state index contributed by atoms with van der Waals surface area (Å²) in [7, 11) is 0. The molecule has 0 N–H and O–H groups in total. The molecule has 38 heavy (non-hydrogen) atoms. The van der Waals surface area contributed by atoms with Gasteiger partial charge in [-0.05, 0) is 70.8 Å². The van der Waals surface area contributed by atoms with Gasteiger partial charge in [-0.2, -0.15) is 0 Å². The third-order valence-corrected chi connectivity index (χ3v) is 6.44. The molecule has 0 radical (unpaired) electrons. The second-order valence-electron chi connectivity index (χ2n) is 8.76. The lowest BCUT2D eigenvalue weighted by Crippen LogP contribution is -2.29. The number of benzene rings is 3.